The maximum Gasteiger partial charge on any atom is 0.137 e. The van der Waals surface area contributed by atoms with Gasteiger partial charge in [0.25, 0.3) is 0 Å². The Hall–Kier alpha value is -1.59. The van der Waals surface area contributed by atoms with Gasteiger partial charge in [0.05, 0.1) is 11.6 Å². The van der Waals surface area contributed by atoms with Crippen molar-refractivity contribution in [2.45, 2.75) is 58.3 Å². The fraction of sp³-hybridized carbons (Fsp3) is 0.556. The Morgan fingerprint density at radius 1 is 1.38 bits per heavy atom. The van der Waals surface area contributed by atoms with Crippen molar-refractivity contribution in [1.82, 2.24) is 14.8 Å². The van der Waals surface area contributed by atoms with Crippen molar-refractivity contribution >= 4 is 11.6 Å². The molecule has 0 spiro atoms. The van der Waals surface area contributed by atoms with Crippen LogP contribution in [0.25, 0.3) is 0 Å². The van der Waals surface area contributed by atoms with Crippen LogP contribution < -0.4 is 4.74 Å². The van der Waals surface area contributed by atoms with Crippen LogP contribution in [-0.4, -0.2) is 31.6 Å². The lowest BCUT2D eigenvalue weighted by Crippen LogP contribution is -2.49. The van der Waals surface area contributed by atoms with Crippen molar-refractivity contribution in [1.29, 1.82) is 0 Å². The summed E-state index contributed by atoms with van der Waals surface area (Å²) in [5.41, 5.74) is -0.185. The maximum atomic E-state index is 11.2. The van der Waals surface area contributed by atoms with Gasteiger partial charge in [-0.05, 0) is 36.1 Å². The molecule has 0 saturated carbocycles. The van der Waals surface area contributed by atoms with Gasteiger partial charge in [-0.15, -0.1) is 0 Å². The topological polar surface area (TPSA) is 60.2 Å². The molecule has 3 atom stereocenters. The van der Waals surface area contributed by atoms with Gasteiger partial charge in [0.2, 0.25) is 0 Å². The first-order chi connectivity index (χ1) is 11.2. The second-order valence-electron chi connectivity index (χ2n) is 7.72. The van der Waals surface area contributed by atoms with Crippen LogP contribution in [-0.2, 0) is 6.42 Å². The highest BCUT2D eigenvalue weighted by Gasteiger charge is 2.45. The molecule has 0 amide bonds. The predicted octanol–water partition coefficient (Wildman–Crippen LogP) is 3.66. The minimum atomic E-state index is -0.976. The van der Waals surface area contributed by atoms with Gasteiger partial charge in [-0.25, -0.2) is 9.67 Å². The summed E-state index contributed by atoms with van der Waals surface area (Å²) in [6, 6.07) is 5.45. The van der Waals surface area contributed by atoms with Gasteiger partial charge in [-0.1, -0.05) is 32.4 Å². The SMILES string of the molecule is CC(C)(C)C(C)(O)C(CC1Cc2cc(Cl)ccc2O1)n1cncn1. The van der Waals surface area contributed by atoms with E-state index in [1.54, 1.807) is 11.0 Å². The van der Waals surface area contributed by atoms with E-state index in [-0.39, 0.29) is 17.6 Å². The van der Waals surface area contributed by atoms with Crippen molar-refractivity contribution < 1.29 is 9.84 Å². The zero-order chi connectivity index (χ0) is 17.5. The normalized spacial score (nSPS) is 21.0. The van der Waals surface area contributed by atoms with E-state index in [2.05, 4.69) is 10.1 Å². The predicted molar refractivity (Wildman–Crippen MR) is 93.3 cm³/mol. The third kappa shape index (κ3) is 3.15. The number of benzene rings is 1. The summed E-state index contributed by atoms with van der Waals surface area (Å²) >= 11 is 6.07. The van der Waals surface area contributed by atoms with Crippen molar-refractivity contribution in [2.24, 2.45) is 5.41 Å². The van der Waals surface area contributed by atoms with Gasteiger partial charge in [0.1, 0.15) is 24.5 Å². The summed E-state index contributed by atoms with van der Waals surface area (Å²) in [6.45, 7) is 7.95. The largest absolute Gasteiger partial charge is 0.490 e. The molecule has 0 saturated heterocycles. The van der Waals surface area contributed by atoms with E-state index < -0.39 is 5.60 Å². The Balaban J connectivity index is 1.84. The molecule has 3 unspecified atom stereocenters. The molecule has 0 aliphatic carbocycles. The van der Waals surface area contributed by atoms with Crippen molar-refractivity contribution in [3.05, 3.63) is 41.4 Å². The summed E-state index contributed by atoms with van der Waals surface area (Å²) in [7, 11) is 0. The first-order valence-electron chi connectivity index (χ1n) is 8.20. The van der Waals surface area contributed by atoms with E-state index in [0.29, 0.717) is 11.4 Å². The Bertz CT molecular complexity index is 708. The Labute approximate surface area is 147 Å². The molecule has 6 heteroatoms. The Morgan fingerprint density at radius 3 is 2.75 bits per heavy atom. The van der Waals surface area contributed by atoms with Crippen LogP contribution in [0.3, 0.4) is 0 Å². The van der Waals surface area contributed by atoms with Crippen LogP contribution in [0.5, 0.6) is 5.75 Å². The average Bonchev–Trinajstić information content (AvgIpc) is 3.11. The molecule has 1 N–H and O–H groups in total. The van der Waals surface area contributed by atoms with E-state index in [1.807, 2.05) is 45.9 Å². The van der Waals surface area contributed by atoms with Crippen LogP contribution >= 0.6 is 11.6 Å². The van der Waals surface area contributed by atoms with Gasteiger partial charge < -0.3 is 9.84 Å². The smallest absolute Gasteiger partial charge is 0.137 e. The summed E-state index contributed by atoms with van der Waals surface area (Å²) in [5, 5.41) is 16.2. The first kappa shape index (κ1) is 17.2. The molecule has 24 heavy (non-hydrogen) atoms. The third-order valence-corrected chi connectivity index (χ3v) is 5.41. The second-order valence-corrected chi connectivity index (χ2v) is 8.16. The van der Waals surface area contributed by atoms with E-state index in [0.717, 1.165) is 17.7 Å². The molecule has 5 nitrogen and oxygen atoms in total. The number of hydrogen-bond donors (Lipinski definition) is 1. The minimum absolute atomic E-state index is 0.0264. The fourth-order valence-electron chi connectivity index (χ4n) is 3.14. The molecule has 0 bridgehead atoms. The number of fused-ring (bicyclic) bond motifs is 1. The Kier molecular flexibility index (Phi) is 4.34. The number of halogens is 1. The number of aliphatic hydroxyl groups is 1. The standard InChI is InChI=1S/C18H24ClN3O2/c1-17(2,3)18(4,23)16(22-11-20-10-21-22)9-14-8-12-7-13(19)5-6-15(12)24-14/h5-7,10-11,14,16,23H,8-9H2,1-4H3. The van der Waals surface area contributed by atoms with Gasteiger partial charge in [-0.3, -0.25) is 0 Å². The number of ether oxygens (including phenoxy) is 1. The highest BCUT2D eigenvalue weighted by atomic mass is 35.5. The van der Waals surface area contributed by atoms with Gasteiger partial charge in [0, 0.05) is 17.9 Å². The number of rotatable bonds is 4. The summed E-state index contributed by atoms with van der Waals surface area (Å²) < 4.78 is 7.81. The van der Waals surface area contributed by atoms with Crippen LogP contribution in [0, 0.1) is 5.41 Å². The highest BCUT2D eigenvalue weighted by molar-refractivity contribution is 6.30. The number of hydrogen-bond acceptors (Lipinski definition) is 4. The van der Waals surface area contributed by atoms with E-state index in [1.165, 1.54) is 6.33 Å². The van der Waals surface area contributed by atoms with Crippen LogP contribution in [0.15, 0.2) is 30.9 Å². The van der Waals surface area contributed by atoms with Gasteiger partial charge >= 0.3 is 0 Å². The zero-order valence-electron chi connectivity index (χ0n) is 14.5. The monoisotopic (exact) mass is 349 g/mol. The molecule has 1 aromatic heterocycles. The average molecular weight is 350 g/mol. The summed E-state index contributed by atoms with van der Waals surface area (Å²) in [5.74, 6) is 0.872. The second kappa shape index (κ2) is 6.05. The Morgan fingerprint density at radius 2 is 2.12 bits per heavy atom. The van der Waals surface area contributed by atoms with E-state index >= 15 is 0 Å². The molecule has 130 valence electrons. The van der Waals surface area contributed by atoms with Crippen LogP contribution in [0.2, 0.25) is 5.02 Å². The first-order valence-corrected chi connectivity index (χ1v) is 8.58. The van der Waals surface area contributed by atoms with Crippen LogP contribution in [0.4, 0.5) is 0 Å². The lowest BCUT2D eigenvalue weighted by atomic mass is 9.71. The third-order valence-electron chi connectivity index (χ3n) is 5.17. The van der Waals surface area contributed by atoms with Crippen molar-refractivity contribution in [2.75, 3.05) is 0 Å². The summed E-state index contributed by atoms with van der Waals surface area (Å²) in [4.78, 5) is 4.05. The number of aromatic nitrogens is 3. The van der Waals surface area contributed by atoms with Crippen molar-refractivity contribution in [3.8, 4) is 5.75 Å². The van der Waals surface area contributed by atoms with Gasteiger partial charge in [-0.2, -0.15) is 5.10 Å². The molecule has 2 heterocycles. The summed E-state index contributed by atoms with van der Waals surface area (Å²) in [6.07, 6.45) is 4.54. The van der Waals surface area contributed by atoms with Gasteiger partial charge in [0.15, 0.2) is 0 Å². The highest BCUT2D eigenvalue weighted by Crippen LogP contribution is 2.43. The number of nitrogens with zero attached hydrogens (tertiary/aromatic N) is 3. The lowest BCUT2D eigenvalue weighted by molar-refractivity contribution is -0.0950. The molecule has 3 rings (SSSR count). The zero-order valence-corrected chi connectivity index (χ0v) is 15.3. The molecule has 1 aliphatic heterocycles. The lowest BCUT2D eigenvalue weighted by Gasteiger charge is -2.43. The molecular weight excluding hydrogens is 326 g/mol. The van der Waals surface area contributed by atoms with Crippen molar-refractivity contribution in [3.63, 3.8) is 0 Å². The molecule has 0 fully saturated rings. The molecule has 1 aliphatic rings. The fourth-order valence-corrected chi connectivity index (χ4v) is 3.34. The van der Waals surface area contributed by atoms with E-state index in [9.17, 15) is 5.11 Å². The molecular formula is C18H24ClN3O2. The molecule has 1 aromatic carbocycles. The quantitative estimate of drug-likeness (QED) is 0.915. The minimum Gasteiger partial charge on any atom is -0.490 e. The maximum absolute atomic E-state index is 11.2. The molecule has 2 aromatic rings. The van der Waals surface area contributed by atoms with Crippen LogP contribution in [0.1, 0.15) is 45.7 Å². The molecule has 0 radical (unpaired) electrons. The van der Waals surface area contributed by atoms with E-state index in [4.69, 9.17) is 16.3 Å².